The second-order valence-corrected chi connectivity index (χ2v) is 7.45. The first-order valence-corrected chi connectivity index (χ1v) is 9.31. The Labute approximate surface area is 130 Å². The third-order valence-corrected chi connectivity index (χ3v) is 5.31. The molecule has 0 unspecified atom stereocenters. The van der Waals surface area contributed by atoms with Crippen molar-refractivity contribution < 1.29 is 8.42 Å². The first-order chi connectivity index (χ1) is 10.5. The van der Waals surface area contributed by atoms with Crippen LogP contribution in [0.4, 0.5) is 0 Å². The molecule has 0 radical (unpaired) electrons. The summed E-state index contributed by atoms with van der Waals surface area (Å²) in [5.41, 5.74) is 2.59. The predicted molar refractivity (Wildman–Crippen MR) is 84.7 cm³/mol. The number of pyridine rings is 1. The maximum Gasteiger partial charge on any atom is 0.211 e. The Morgan fingerprint density at radius 2 is 2.14 bits per heavy atom. The summed E-state index contributed by atoms with van der Waals surface area (Å²) in [5, 5.41) is 4.26. The van der Waals surface area contributed by atoms with E-state index in [0.29, 0.717) is 6.54 Å². The predicted octanol–water partition coefficient (Wildman–Crippen LogP) is 2.06. The number of aryl methyl sites for hydroxylation is 1. The van der Waals surface area contributed by atoms with Gasteiger partial charge >= 0.3 is 0 Å². The molecule has 0 saturated carbocycles. The molecule has 2 aromatic rings. The average molecular weight is 320 g/mol. The van der Waals surface area contributed by atoms with Crippen LogP contribution >= 0.6 is 0 Å². The van der Waals surface area contributed by atoms with Crippen LogP contribution in [0.15, 0.2) is 30.5 Å². The van der Waals surface area contributed by atoms with Crippen LogP contribution in [0.1, 0.15) is 31.5 Å². The lowest BCUT2D eigenvalue weighted by atomic mass is 10.1. The number of hydrogen-bond acceptors (Lipinski definition) is 4. The molecule has 2 aromatic heterocycles. The summed E-state index contributed by atoms with van der Waals surface area (Å²) in [6.07, 6.45) is 4.71. The van der Waals surface area contributed by atoms with Gasteiger partial charge in [-0.1, -0.05) is 6.07 Å². The highest BCUT2D eigenvalue weighted by Crippen LogP contribution is 2.33. The molecule has 6 nitrogen and oxygen atoms in total. The highest BCUT2D eigenvalue weighted by molar-refractivity contribution is 7.88. The maximum absolute atomic E-state index is 11.9. The van der Waals surface area contributed by atoms with E-state index in [4.69, 9.17) is 4.98 Å². The minimum atomic E-state index is -3.20. The standard InChI is InChI=1S/C15H20N4O2S/c1-3-18-14(9-10-16-18)12-6-4-7-13(17-12)15-8-5-11-19(15)22(2,20)21/h4,6-7,9-10,15H,3,5,8,11H2,1-2H3/t15-/m1/s1. The van der Waals surface area contributed by atoms with E-state index in [9.17, 15) is 8.42 Å². The molecule has 1 aliphatic heterocycles. The van der Waals surface area contributed by atoms with Gasteiger partial charge in [0.05, 0.1) is 29.4 Å². The Bertz CT molecular complexity index is 769. The van der Waals surface area contributed by atoms with E-state index >= 15 is 0 Å². The molecule has 22 heavy (non-hydrogen) atoms. The van der Waals surface area contributed by atoms with E-state index < -0.39 is 10.0 Å². The molecule has 0 aromatic carbocycles. The van der Waals surface area contributed by atoms with E-state index in [1.807, 2.05) is 35.9 Å². The van der Waals surface area contributed by atoms with Gasteiger partial charge in [-0.25, -0.2) is 13.4 Å². The number of rotatable bonds is 4. The fourth-order valence-electron chi connectivity index (χ4n) is 3.01. The second-order valence-electron chi connectivity index (χ2n) is 5.51. The van der Waals surface area contributed by atoms with Crippen molar-refractivity contribution in [2.24, 2.45) is 0 Å². The van der Waals surface area contributed by atoms with Crippen LogP contribution in [0, 0.1) is 0 Å². The summed E-state index contributed by atoms with van der Waals surface area (Å²) >= 11 is 0. The van der Waals surface area contributed by atoms with E-state index in [1.54, 1.807) is 10.5 Å². The lowest BCUT2D eigenvalue weighted by Crippen LogP contribution is -2.29. The molecule has 118 valence electrons. The van der Waals surface area contributed by atoms with Gasteiger partial charge in [-0.2, -0.15) is 9.40 Å². The minimum Gasteiger partial charge on any atom is -0.264 e. The van der Waals surface area contributed by atoms with Crippen LogP contribution in [0.3, 0.4) is 0 Å². The Morgan fingerprint density at radius 3 is 2.86 bits per heavy atom. The van der Waals surface area contributed by atoms with Crippen molar-refractivity contribution in [3.05, 3.63) is 36.2 Å². The zero-order valence-electron chi connectivity index (χ0n) is 12.8. The van der Waals surface area contributed by atoms with Crippen LogP contribution in [-0.4, -0.2) is 40.3 Å². The monoisotopic (exact) mass is 320 g/mol. The molecule has 1 atom stereocenters. The van der Waals surface area contributed by atoms with Crippen molar-refractivity contribution in [3.63, 3.8) is 0 Å². The number of hydrogen-bond donors (Lipinski definition) is 0. The molecule has 1 aliphatic rings. The van der Waals surface area contributed by atoms with Crippen LogP contribution < -0.4 is 0 Å². The zero-order valence-corrected chi connectivity index (χ0v) is 13.6. The highest BCUT2D eigenvalue weighted by atomic mass is 32.2. The van der Waals surface area contributed by atoms with E-state index in [2.05, 4.69) is 5.10 Å². The van der Waals surface area contributed by atoms with Crippen LogP contribution in [0.5, 0.6) is 0 Å². The molecule has 0 amide bonds. The number of sulfonamides is 1. The lowest BCUT2D eigenvalue weighted by Gasteiger charge is -2.22. The molecule has 3 rings (SSSR count). The summed E-state index contributed by atoms with van der Waals surface area (Å²) in [4.78, 5) is 4.70. The SMILES string of the molecule is CCn1nccc1-c1cccc([C@H]2CCCN2S(C)(=O)=O)n1. The first kappa shape index (κ1) is 15.2. The van der Waals surface area contributed by atoms with Crippen molar-refractivity contribution in [1.82, 2.24) is 19.1 Å². The molecule has 7 heteroatoms. The van der Waals surface area contributed by atoms with Crippen LogP contribution in [0.25, 0.3) is 11.4 Å². The molecule has 3 heterocycles. The fourth-order valence-corrected chi connectivity index (χ4v) is 4.15. The van der Waals surface area contributed by atoms with Gasteiger partial charge in [0.25, 0.3) is 0 Å². The zero-order chi connectivity index (χ0) is 15.7. The van der Waals surface area contributed by atoms with Gasteiger partial charge in [-0.05, 0) is 38.0 Å². The highest BCUT2D eigenvalue weighted by Gasteiger charge is 2.33. The Morgan fingerprint density at radius 1 is 1.32 bits per heavy atom. The van der Waals surface area contributed by atoms with Gasteiger partial charge in [0.1, 0.15) is 0 Å². The summed E-state index contributed by atoms with van der Waals surface area (Å²) in [7, 11) is -3.20. The van der Waals surface area contributed by atoms with Gasteiger partial charge in [0, 0.05) is 19.3 Å². The van der Waals surface area contributed by atoms with E-state index in [0.717, 1.165) is 36.5 Å². The van der Waals surface area contributed by atoms with E-state index in [-0.39, 0.29) is 6.04 Å². The molecular formula is C15H20N4O2S. The van der Waals surface area contributed by atoms with E-state index in [1.165, 1.54) is 6.26 Å². The maximum atomic E-state index is 11.9. The third kappa shape index (κ3) is 2.78. The Kier molecular flexibility index (Phi) is 4.01. The quantitative estimate of drug-likeness (QED) is 0.865. The largest absolute Gasteiger partial charge is 0.264 e. The van der Waals surface area contributed by atoms with Crippen LogP contribution in [-0.2, 0) is 16.6 Å². The molecule has 1 saturated heterocycles. The molecule has 0 spiro atoms. The van der Waals surface area contributed by atoms with Crippen molar-refractivity contribution in [2.75, 3.05) is 12.8 Å². The first-order valence-electron chi connectivity index (χ1n) is 7.46. The van der Waals surface area contributed by atoms with Crippen molar-refractivity contribution in [1.29, 1.82) is 0 Å². The summed E-state index contributed by atoms with van der Waals surface area (Å²) in [6, 6.07) is 7.55. The third-order valence-electron chi connectivity index (χ3n) is 4.02. The van der Waals surface area contributed by atoms with Crippen molar-refractivity contribution in [2.45, 2.75) is 32.4 Å². The summed E-state index contributed by atoms with van der Waals surface area (Å²) in [5.74, 6) is 0. The van der Waals surface area contributed by atoms with Gasteiger partial charge in [0.2, 0.25) is 10.0 Å². The number of nitrogens with zero attached hydrogens (tertiary/aromatic N) is 4. The van der Waals surface area contributed by atoms with Gasteiger partial charge in [0.15, 0.2) is 0 Å². The van der Waals surface area contributed by atoms with Gasteiger partial charge < -0.3 is 0 Å². The Hall–Kier alpha value is -1.73. The normalized spacial score (nSPS) is 19.6. The topological polar surface area (TPSA) is 68.1 Å². The molecule has 0 N–H and O–H groups in total. The second kappa shape index (κ2) is 5.81. The van der Waals surface area contributed by atoms with Crippen molar-refractivity contribution >= 4 is 10.0 Å². The van der Waals surface area contributed by atoms with Crippen LogP contribution in [0.2, 0.25) is 0 Å². The average Bonchev–Trinajstić information content (AvgIpc) is 3.15. The minimum absolute atomic E-state index is 0.159. The van der Waals surface area contributed by atoms with Gasteiger partial charge in [-0.3, -0.25) is 4.68 Å². The summed E-state index contributed by atoms with van der Waals surface area (Å²) < 4.78 is 27.3. The molecule has 0 bridgehead atoms. The summed E-state index contributed by atoms with van der Waals surface area (Å²) in [6.45, 7) is 3.37. The molecule has 0 aliphatic carbocycles. The Balaban J connectivity index is 1.98. The van der Waals surface area contributed by atoms with Gasteiger partial charge in [-0.15, -0.1) is 0 Å². The fraction of sp³-hybridized carbons (Fsp3) is 0.467. The van der Waals surface area contributed by atoms with Crippen molar-refractivity contribution in [3.8, 4) is 11.4 Å². The molecular weight excluding hydrogens is 300 g/mol. The smallest absolute Gasteiger partial charge is 0.211 e. The lowest BCUT2D eigenvalue weighted by molar-refractivity contribution is 0.394. The molecule has 1 fully saturated rings. The number of aromatic nitrogens is 3.